The van der Waals surface area contributed by atoms with Gasteiger partial charge in [0.25, 0.3) is 0 Å². The number of aromatic nitrogens is 2. The first-order valence-electron chi connectivity index (χ1n) is 5.51. The summed E-state index contributed by atoms with van der Waals surface area (Å²) < 4.78 is 7.06. The van der Waals surface area contributed by atoms with E-state index >= 15 is 0 Å². The highest BCUT2D eigenvalue weighted by atomic mass is 35.5. The highest BCUT2D eigenvalue weighted by Gasteiger charge is 2.03. The van der Waals surface area contributed by atoms with Crippen LogP contribution in [0.1, 0.15) is 24.7 Å². The number of nitrogens with zero attached hydrogens (tertiary/aromatic N) is 2. The second-order valence-corrected chi connectivity index (χ2v) is 3.67. The Morgan fingerprint density at radius 3 is 2.88 bits per heavy atom. The van der Waals surface area contributed by atoms with Crippen LogP contribution >= 0.6 is 12.4 Å². The molecule has 0 saturated carbocycles. The van der Waals surface area contributed by atoms with Crippen LogP contribution in [0.4, 0.5) is 0 Å². The second-order valence-electron chi connectivity index (χ2n) is 3.67. The third-order valence-electron chi connectivity index (χ3n) is 2.21. The van der Waals surface area contributed by atoms with Gasteiger partial charge in [0.15, 0.2) is 0 Å². The topological polar surface area (TPSA) is 39.1 Å². The van der Waals surface area contributed by atoms with Crippen molar-refractivity contribution in [3.8, 4) is 0 Å². The highest BCUT2D eigenvalue weighted by molar-refractivity contribution is 5.85. The molecule has 0 fully saturated rings. The number of hydrogen-bond donors (Lipinski definition) is 1. The lowest BCUT2D eigenvalue weighted by molar-refractivity contribution is 0.199. The first kappa shape index (κ1) is 15.4. The molecular weight excluding hydrogens is 226 g/mol. The van der Waals surface area contributed by atoms with Gasteiger partial charge in [-0.2, -0.15) is 5.10 Å². The third-order valence-corrected chi connectivity index (χ3v) is 2.21. The van der Waals surface area contributed by atoms with Crippen LogP contribution in [0, 0.1) is 6.92 Å². The summed E-state index contributed by atoms with van der Waals surface area (Å²) in [6.45, 7) is 7.69. The van der Waals surface area contributed by atoms with Crippen LogP contribution in [-0.4, -0.2) is 30.0 Å². The maximum absolute atomic E-state index is 4.98. The van der Waals surface area contributed by atoms with Gasteiger partial charge in [0.2, 0.25) is 0 Å². The molecule has 0 saturated heterocycles. The Balaban J connectivity index is 0.00000225. The summed E-state index contributed by atoms with van der Waals surface area (Å²) in [4.78, 5) is 0. The molecule has 0 aliphatic heterocycles. The van der Waals surface area contributed by atoms with Gasteiger partial charge >= 0.3 is 0 Å². The van der Waals surface area contributed by atoms with Crippen LogP contribution in [-0.2, 0) is 17.8 Å². The molecule has 0 aliphatic rings. The zero-order chi connectivity index (χ0) is 11.1. The molecule has 1 heterocycles. The molecule has 0 aliphatic carbocycles. The Labute approximate surface area is 104 Å². The highest BCUT2D eigenvalue weighted by Crippen LogP contribution is 2.04. The molecule has 16 heavy (non-hydrogen) atoms. The number of ether oxygens (including phenoxy) is 1. The summed E-state index contributed by atoms with van der Waals surface area (Å²) in [6.07, 6.45) is 1.12. The van der Waals surface area contributed by atoms with E-state index in [9.17, 15) is 0 Å². The molecule has 94 valence electrons. The Kier molecular flexibility index (Phi) is 8.25. The van der Waals surface area contributed by atoms with Gasteiger partial charge in [-0.1, -0.05) is 6.92 Å². The first-order valence-corrected chi connectivity index (χ1v) is 5.51. The zero-order valence-corrected chi connectivity index (χ0v) is 11.1. The third kappa shape index (κ3) is 4.96. The van der Waals surface area contributed by atoms with E-state index in [-0.39, 0.29) is 12.4 Å². The van der Waals surface area contributed by atoms with E-state index in [2.05, 4.69) is 28.1 Å². The quantitative estimate of drug-likeness (QED) is 0.747. The van der Waals surface area contributed by atoms with Crippen LogP contribution in [0.2, 0.25) is 0 Å². The minimum atomic E-state index is 0. The monoisotopic (exact) mass is 247 g/mol. The molecule has 4 nitrogen and oxygen atoms in total. The molecule has 1 N–H and O–H groups in total. The second kappa shape index (κ2) is 8.56. The molecule has 0 radical (unpaired) electrons. The van der Waals surface area contributed by atoms with E-state index in [1.165, 1.54) is 5.69 Å². The molecule has 1 aromatic heterocycles. The molecule has 5 heteroatoms. The van der Waals surface area contributed by atoms with Crippen molar-refractivity contribution in [1.82, 2.24) is 15.1 Å². The van der Waals surface area contributed by atoms with Crippen molar-refractivity contribution in [2.45, 2.75) is 33.4 Å². The maximum atomic E-state index is 4.98. The van der Waals surface area contributed by atoms with E-state index in [0.717, 1.165) is 38.4 Å². The SMILES string of the molecule is CCCn1nc(C)cc1CNCCOC.Cl. The van der Waals surface area contributed by atoms with Gasteiger partial charge in [0.1, 0.15) is 0 Å². The molecule has 1 rings (SSSR count). The van der Waals surface area contributed by atoms with Crippen LogP contribution in [0.15, 0.2) is 6.07 Å². The van der Waals surface area contributed by atoms with Crippen molar-refractivity contribution >= 4 is 12.4 Å². The van der Waals surface area contributed by atoms with Gasteiger partial charge in [0, 0.05) is 26.7 Å². The van der Waals surface area contributed by atoms with E-state index in [1.54, 1.807) is 7.11 Å². The van der Waals surface area contributed by atoms with Gasteiger partial charge in [0.05, 0.1) is 18.0 Å². The molecule has 0 atom stereocenters. The van der Waals surface area contributed by atoms with Gasteiger partial charge in [-0.05, 0) is 19.4 Å². The minimum absolute atomic E-state index is 0. The van der Waals surface area contributed by atoms with E-state index in [4.69, 9.17) is 4.74 Å². The van der Waals surface area contributed by atoms with Crippen LogP contribution in [0.5, 0.6) is 0 Å². The maximum Gasteiger partial charge on any atom is 0.0597 e. The molecule has 0 unspecified atom stereocenters. The molecule has 0 spiro atoms. The van der Waals surface area contributed by atoms with Crippen LogP contribution in [0.3, 0.4) is 0 Å². The average molecular weight is 248 g/mol. The number of methoxy groups -OCH3 is 1. The summed E-state index contributed by atoms with van der Waals surface area (Å²) in [5, 5.41) is 7.77. The number of nitrogens with one attached hydrogen (secondary N) is 1. The average Bonchev–Trinajstić information content (AvgIpc) is 2.55. The number of hydrogen-bond acceptors (Lipinski definition) is 3. The predicted octanol–water partition coefficient (Wildman–Crippen LogP) is 1.76. The van der Waals surface area contributed by atoms with Crippen molar-refractivity contribution in [2.24, 2.45) is 0 Å². The van der Waals surface area contributed by atoms with Crippen molar-refractivity contribution in [1.29, 1.82) is 0 Å². The molecule has 0 aromatic carbocycles. The predicted molar refractivity (Wildman–Crippen MR) is 68.1 cm³/mol. The minimum Gasteiger partial charge on any atom is -0.383 e. The van der Waals surface area contributed by atoms with Crippen LogP contribution in [0.25, 0.3) is 0 Å². The smallest absolute Gasteiger partial charge is 0.0597 e. The normalized spacial score (nSPS) is 10.2. The van der Waals surface area contributed by atoms with Gasteiger partial charge in [-0.25, -0.2) is 0 Å². The van der Waals surface area contributed by atoms with Gasteiger partial charge in [-0.15, -0.1) is 12.4 Å². The van der Waals surface area contributed by atoms with Crippen LogP contribution < -0.4 is 5.32 Å². The first-order chi connectivity index (χ1) is 7.27. The lowest BCUT2D eigenvalue weighted by Crippen LogP contribution is -2.20. The van der Waals surface area contributed by atoms with Crippen molar-refractivity contribution in [2.75, 3.05) is 20.3 Å². The molecule has 0 amide bonds. The fraction of sp³-hybridized carbons (Fsp3) is 0.727. The molecule has 1 aromatic rings. The molecular formula is C11H22ClN3O. The lowest BCUT2D eigenvalue weighted by atomic mass is 10.3. The standard InChI is InChI=1S/C11H21N3O.ClH/c1-4-6-14-11(8-10(2)13-14)9-12-5-7-15-3;/h8,12H,4-7,9H2,1-3H3;1H. The van der Waals surface area contributed by atoms with E-state index in [1.807, 2.05) is 6.92 Å². The Morgan fingerprint density at radius 1 is 1.50 bits per heavy atom. The van der Waals surface area contributed by atoms with Crippen molar-refractivity contribution in [3.05, 3.63) is 17.5 Å². The molecule has 0 bridgehead atoms. The zero-order valence-electron chi connectivity index (χ0n) is 10.3. The summed E-state index contributed by atoms with van der Waals surface area (Å²) in [7, 11) is 1.72. The number of halogens is 1. The summed E-state index contributed by atoms with van der Waals surface area (Å²) >= 11 is 0. The Bertz CT molecular complexity index is 289. The summed E-state index contributed by atoms with van der Waals surface area (Å²) in [5.41, 5.74) is 2.34. The van der Waals surface area contributed by atoms with Gasteiger partial charge < -0.3 is 10.1 Å². The lowest BCUT2D eigenvalue weighted by Gasteiger charge is -2.07. The Morgan fingerprint density at radius 2 is 2.25 bits per heavy atom. The largest absolute Gasteiger partial charge is 0.383 e. The van der Waals surface area contributed by atoms with Crippen molar-refractivity contribution in [3.63, 3.8) is 0 Å². The fourth-order valence-electron chi connectivity index (χ4n) is 1.54. The van der Waals surface area contributed by atoms with E-state index < -0.39 is 0 Å². The summed E-state index contributed by atoms with van der Waals surface area (Å²) in [5.74, 6) is 0. The van der Waals surface area contributed by atoms with Crippen molar-refractivity contribution < 1.29 is 4.74 Å². The fourth-order valence-corrected chi connectivity index (χ4v) is 1.54. The number of aryl methyl sites for hydroxylation is 2. The Hall–Kier alpha value is -0.580. The number of rotatable bonds is 7. The van der Waals surface area contributed by atoms with E-state index in [0.29, 0.717) is 0 Å². The summed E-state index contributed by atoms with van der Waals surface area (Å²) in [6, 6.07) is 2.13. The van der Waals surface area contributed by atoms with Gasteiger partial charge in [-0.3, -0.25) is 4.68 Å².